The minimum atomic E-state index is -0.165. The molecule has 9 heteroatoms. The number of amides is 1. The highest BCUT2D eigenvalue weighted by atomic mass is 32.1. The summed E-state index contributed by atoms with van der Waals surface area (Å²) in [4.78, 5) is 26.2. The van der Waals surface area contributed by atoms with Crippen molar-refractivity contribution < 1.29 is 9.53 Å². The van der Waals surface area contributed by atoms with E-state index in [2.05, 4.69) is 32.8 Å². The number of benzene rings is 1. The third kappa shape index (κ3) is 3.76. The summed E-state index contributed by atoms with van der Waals surface area (Å²) in [5.41, 5.74) is 3.00. The number of nitrogens with one attached hydrogen (secondary N) is 1. The Bertz CT molecular complexity index is 1310. The second-order valence-electron chi connectivity index (χ2n) is 7.66. The van der Waals surface area contributed by atoms with Gasteiger partial charge in [-0.25, -0.2) is 9.97 Å². The molecule has 1 saturated heterocycles. The van der Waals surface area contributed by atoms with E-state index in [-0.39, 0.29) is 24.5 Å². The Balaban J connectivity index is 1.65. The quantitative estimate of drug-likeness (QED) is 0.525. The van der Waals surface area contributed by atoms with Crippen LogP contribution in [0.3, 0.4) is 0 Å². The van der Waals surface area contributed by atoms with Gasteiger partial charge >= 0.3 is 0 Å². The zero-order chi connectivity index (χ0) is 21.4. The van der Waals surface area contributed by atoms with E-state index in [1.165, 1.54) is 11.3 Å². The van der Waals surface area contributed by atoms with Crippen molar-refractivity contribution in [2.24, 2.45) is 0 Å². The van der Waals surface area contributed by atoms with Crippen molar-refractivity contribution >= 4 is 44.3 Å². The number of nitriles is 1. The highest BCUT2D eigenvalue weighted by Gasteiger charge is 2.27. The van der Waals surface area contributed by atoms with Crippen LogP contribution in [0.5, 0.6) is 0 Å². The van der Waals surface area contributed by atoms with Crippen LogP contribution in [0.2, 0.25) is 0 Å². The van der Waals surface area contributed by atoms with Crippen LogP contribution >= 0.6 is 11.3 Å². The van der Waals surface area contributed by atoms with Gasteiger partial charge in [0.2, 0.25) is 5.91 Å². The minimum Gasteiger partial charge on any atom is -0.378 e. The lowest BCUT2D eigenvalue weighted by Crippen LogP contribution is -2.27. The molecular formula is C22H20N6O2S. The molecule has 0 unspecified atom stereocenters. The Morgan fingerprint density at radius 3 is 3.06 bits per heavy atom. The highest BCUT2D eigenvalue weighted by molar-refractivity contribution is 7.13. The SMILES string of the molecule is C[C@@H]1C[C@H](n2c(CC(=O)Nc3nccs3)nc3cnc4ccc(C#N)cc4c32)CCO1. The van der Waals surface area contributed by atoms with Crippen molar-refractivity contribution in [2.75, 3.05) is 11.9 Å². The maximum atomic E-state index is 12.7. The van der Waals surface area contributed by atoms with E-state index in [4.69, 9.17) is 9.72 Å². The first-order valence-corrected chi connectivity index (χ1v) is 11.0. The first kappa shape index (κ1) is 19.6. The lowest BCUT2D eigenvalue weighted by atomic mass is 10.0. The van der Waals surface area contributed by atoms with Crippen LogP contribution in [0.15, 0.2) is 36.0 Å². The molecule has 0 spiro atoms. The maximum absolute atomic E-state index is 12.7. The predicted octanol–water partition coefficient (Wildman–Crippen LogP) is 3.83. The molecule has 31 heavy (non-hydrogen) atoms. The molecule has 0 saturated carbocycles. The summed E-state index contributed by atoms with van der Waals surface area (Å²) >= 11 is 1.38. The van der Waals surface area contributed by atoms with E-state index in [1.54, 1.807) is 18.5 Å². The van der Waals surface area contributed by atoms with Gasteiger partial charge in [-0.15, -0.1) is 11.3 Å². The van der Waals surface area contributed by atoms with Gasteiger partial charge in [-0.3, -0.25) is 9.78 Å². The number of rotatable bonds is 4. The lowest BCUT2D eigenvalue weighted by molar-refractivity contribution is -0.115. The van der Waals surface area contributed by atoms with Gasteiger partial charge in [-0.1, -0.05) is 0 Å². The van der Waals surface area contributed by atoms with Gasteiger partial charge in [0.1, 0.15) is 11.3 Å². The number of thiazole rings is 1. The average molecular weight is 433 g/mol. The van der Waals surface area contributed by atoms with Gasteiger partial charge < -0.3 is 14.6 Å². The van der Waals surface area contributed by atoms with Crippen molar-refractivity contribution in [1.82, 2.24) is 19.5 Å². The van der Waals surface area contributed by atoms with Crippen molar-refractivity contribution in [1.29, 1.82) is 5.26 Å². The summed E-state index contributed by atoms with van der Waals surface area (Å²) in [5, 5.41) is 15.5. The van der Waals surface area contributed by atoms with Crippen molar-refractivity contribution in [3.8, 4) is 6.07 Å². The molecular weight excluding hydrogens is 412 g/mol. The van der Waals surface area contributed by atoms with Gasteiger partial charge in [0.15, 0.2) is 5.13 Å². The van der Waals surface area contributed by atoms with Gasteiger partial charge in [0, 0.05) is 29.6 Å². The second-order valence-corrected chi connectivity index (χ2v) is 8.55. The molecule has 0 radical (unpaired) electrons. The molecule has 1 amide bonds. The molecule has 0 aliphatic carbocycles. The number of pyridine rings is 1. The van der Waals surface area contributed by atoms with Gasteiger partial charge in [0.25, 0.3) is 0 Å². The molecule has 1 N–H and O–H groups in total. The number of fused-ring (bicyclic) bond motifs is 3. The lowest BCUT2D eigenvalue weighted by Gasteiger charge is -2.30. The molecule has 8 nitrogen and oxygen atoms in total. The summed E-state index contributed by atoms with van der Waals surface area (Å²) < 4.78 is 7.93. The standard InChI is InChI=1S/C22H20N6O2S/c1-13-8-15(4-6-30-13)28-19(10-20(29)27-22-24-5-7-31-22)26-18-12-25-17-3-2-14(11-23)9-16(17)21(18)28/h2-3,5,7,9,12-13,15H,4,6,8,10H2,1H3,(H,24,27,29)/t13-,15-/m1/s1. The first-order chi connectivity index (χ1) is 15.1. The molecule has 1 aliphatic rings. The summed E-state index contributed by atoms with van der Waals surface area (Å²) in [6.07, 6.45) is 5.30. The Hall–Kier alpha value is -3.35. The maximum Gasteiger partial charge on any atom is 0.233 e. The third-order valence-electron chi connectivity index (χ3n) is 5.54. The van der Waals surface area contributed by atoms with E-state index in [1.807, 2.05) is 17.5 Å². The van der Waals surface area contributed by atoms with Gasteiger partial charge in [-0.05, 0) is 38.0 Å². The third-order valence-corrected chi connectivity index (χ3v) is 6.23. The summed E-state index contributed by atoms with van der Waals surface area (Å²) in [6.45, 7) is 2.72. The number of carbonyl (C=O) groups is 1. The van der Waals surface area contributed by atoms with Crippen LogP contribution in [0.25, 0.3) is 21.9 Å². The van der Waals surface area contributed by atoms with Crippen LogP contribution in [0.4, 0.5) is 5.13 Å². The topological polar surface area (TPSA) is 106 Å². The molecule has 3 aromatic heterocycles. The molecule has 1 fully saturated rings. The molecule has 0 bridgehead atoms. The molecule has 1 aromatic carbocycles. The summed E-state index contributed by atoms with van der Waals surface area (Å²) in [6, 6.07) is 7.82. The van der Waals surface area contributed by atoms with Crippen LogP contribution in [-0.4, -0.2) is 38.1 Å². The van der Waals surface area contributed by atoms with E-state index in [0.717, 1.165) is 34.8 Å². The minimum absolute atomic E-state index is 0.121. The summed E-state index contributed by atoms with van der Waals surface area (Å²) in [5.74, 6) is 0.515. The fraction of sp³-hybridized carbons (Fsp3) is 0.318. The average Bonchev–Trinajstić information content (AvgIpc) is 3.40. The zero-order valence-corrected chi connectivity index (χ0v) is 17.7. The van der Waals surface area contributed by atoms with E-state index >= 15 is 0 Å². The normalized spacial score (nSPS) is 18.8. The van der Waals surface area contributed by atoms with Crippen molar-refractivity contribution in [3.63, 3.8) is 0 Å². The highest BCUT2D eigenvalue weighted by Crippen LogP contribution is 2.34. The fourth-order valence-electron chi connectivity index (χ4n) is 4.21. The number of ether oxygens (including phenoxy) is 1. The van der Waals surface area contributed by atoms with Crippen LogP contribution in [-0.2, 0) is 16.0 Å². The number of aromatic nitrogens is 4. The Morgan fingerprint density at radius 2 is 2.29 bits per heavy atom. The number of nitrogens with zero attached hydrogens (tertiary/aromatic N) is 5. The molecule has 4 heterocycles. The van der Waals surface area contributed by atoms with Gasteiger partial charge in [0.05, 0.1) is 41.4 Å². The zero-order valence-electron chi connectivity index (χ0n) is 16.9. The Kier molecular flexibility index (Phi) is 5.10. The van der Waals surface area contributed by atoms with Crippen molar-refractivity contribution in [3.05, 3.63) is 47.4 Å². The Labute approximate surface area is 182 Å². The fourth-order valence-corrected chi connectivity index (χ4v) is 4.76. The van der Waals surface area contributed by atoms with Crippen molar-refractivity contribution in [2.45, 2.75) is 38.3 Å². The summed E-state index contributed by atoms with van der Waals surface area (Å²) in [7, 11) is 0. The van der Waals surface area contributed by atoms with E-state index in [9.17, 15) is 10.1 Å². The molecule has 1 aliphatic heterocycles. The molecule has 156 valence electrons. The largest absolute Gasteiger partial charge is 0.378 e. The number of carbonyl (C=O) groups excluding carboxylic acids is 1. The van der Waals surface area contributed by atoms with E-state index < -0.39 is 0 Å². The van der Waals surface area contributed by atoms with Crippen LogP contribution < -0.4 is 5.32 Å². The smallest absolute Gasteiger partial charge is 0.233 e. The van der Waals surface area contributed by atoms with Crippen LogP contribution in [0, 0.1) is 11.3 Å². The molecule has 2 atom stereocenters. The first-order valence-electron chi connectivity index (χ1n) is 10.1. The monoisotopic (exact) mass is 432 g/mol. The number of hydrogen-bond acceptors (Lipinski definition) is 7. The number of imidazole rings is 1. The predicted molar refractivity (Wildman–Crippen MR) is 118 cm³/mol. The number of hydrogen-bond donors (Lipinski definition) is 1. The van der Waals surface area contributed by atoms with Crippen LogP contribution in [0.1, 0.15) is 37.2 Å². The van der Waals surface area contributed by atoms with E-state index in [0.29, 0.717) is 23.1 Å². The molecule has 5 rings (SSSR count). The van der Waals surface area contributed by atoms with Gasteiger partial charge in [-0.2, -0.15) is 5.26 Å². The Morgan fingerprint density at radius 1 is 1.39 bits per heavy atom. The molecule has 4 aromatic rings. The second kappa shape index (κ2) is 8.06. The number of anilines is 1.